The molecular weight excluding hydrogens is 294 g/mol. The highest BCUT2D eigenvalue weighted by molar-refractivity contribution is 6.42. The normalized spacial score (nSPS) is 14.7. The highest BCUT2D eigenvalue weighted by atomic mass is 16.5. The van der Waals surface area contributed by atoms with Crippen molar-refractivity contribution in [3.63, 3.8) is 0 Å². The number of carboxylic acids is 1. The minimum Gasteiger partial charge on any atom is -0.476 e. The van der Waals surface area contributed by atoms with Crippen LogP contribution >= 0.6 is 0 Å². The monoisotopic (exact) mass is 311 g/mol. The Balaban J connectivity index is 1.72. The van der Waals surface area contributed by atoms with Gasteiger partial charge in [0, 0.05) is 5.56 Å². The predicted molar refractivity (Wildman–Crippen MR) is 84.8 cm³/mol. The molecule has 0 atom stereocenters. The lowest BCUT2D eigenvalue weighted by molar-refractivity contribution is -0.129. The maximum absolute atomic E-state index is 11.2. The molecule has 118 valence electrons. The van der Waals surface area contributed by atoms with Crippen LogP contribution in [-0.2, 0) is 29.0 Å². The van der Waals surface area contributed by atoms with E-state index in [-0.39, 0.29) is 18.4 Å². The van der Waals surface area contributed by atoms with E-state index in [9.17, 15) is 4.79 Å². The summed E-state index contributed by atoms with van der Waals surface area (Å²) in [6, 6.07) is 15.2. The number of carboxylic acid groups (broad SMARTS) is 1. The van der Waals surface area contributed by atoms with Crippen LogP contribution in [0.2, 0.25) is 0 Å². The molecular formula is C18H17NO4. The Labute approximate surface area is 133 Å². The highest BCUT2D eigenvalue weighted by Crippen LogP contribution is 2.25. The molecule has 0 radical (unpaired) electrons. The molecule has 0 bridgehead atoms. The van der Waals surface area contributed by atoms with E-state index in [2.05, 4.69) is 17.3 Å². The Hall–Kier alpha value is -2.66. The van der Waals surface area contributed by atoms with Crippen LogP contribution in [0.15, 0.2) is 53.7 Å². The number of rotatable bonds is 5. The minimum atomic E-state index is -1.27. The van der Waals surface area contributed by atoms with Gasteiger partial charge < -0.3 is 15.1 Å². The molecule has 0 heterocycles. The minimum absolute atomic E-state index is 0.0831. The maximum atomic E-state index is 11.2. The number of benzene rings is 2. The van der Waals surface area contributed by atoms with Gasteiger partial charge in [0.25, 0.3) is 0 Å². The second-order valence-corrected chi connectivity index (χ2v) is 5.52. The molecule has 0 aromatic heterocycles. The molecule has 5 heteroatoms. The van der Waals surface area contributed by atoms with Gasteiger partial charge in [0.15, 0.2) is 5.71 Å². The van der Waals surface area contributed by atoms with Crippen molar-refractivity contribution in [3.05, 3.63) is 70.8 Å². The lowest BCUT2D eigenvalue weighted by atomic mass is 10.0. The Bertz CT molecular complexity index is 729. The summed E-state index contributed by atoms with van der Waals surface area (Å²) in [7, 11) is 0. The van der Waals surface area contributed by atoms with Gasteiger partial charge in [-0.15, -0.1) is 0 Å². The molecule has 1 aliphatic rings. The highest BCUT2D eigenvalue weighted by Gasteiger charge is 2.22. The summed E-state index contributed by atoms with van der Waals surface area (Å²) in [5.74, 6) is -1.27. The fraction of sp³-hybridized carbons (Fsp3) is 0.222. The number of fused-ring (bicyclic) bond motifs is 1. The van der Waals surface area contributed by atoms with E-state index >= 15 is 0 Å². The summed E-state index contributed by atoms with van der Waals surface area (Å²) in [6.07, 6.45) is 1.80. The third kappa shape index (κ3) is 3.24. The van der Waals surface area contributed by atoms with Crippen molar-refractivity contribution in [2.45, 2.75) is 25.6 Å². The molecule has 0 saturated heterocycles. The van der Waals surface area contributed by atoms with Crippen LogP contribution in [0, 0.1) is 0 Å². The van der Waals surface area contributed by atoms with Crippen LogP contribution in [0.5, 0.6) is 0 Å². The van der Waals surface area contributed by atoms with Crippen LogP contribution in [0.3, 0.4) is 0 Å². The predicted octanol–water partition coefficient (Wildman–Crippen LogP) is 2.63. The molecule has 2 N–H and O–H groups in total. The van der Waals surface area contributed by atoms with Gasteiger partial charge in [-0.25, -0.2) is 4.79 Å². The number of oxime groups is 1. The zero-order valence-corrected chi connectivity index (χ0v) is 12.5. The molecule has 0 amide bonds. The van der Waals surface area contributed by atoms with E-state index in [0.29, 0.717) is 11.1 Å². The lowest BCUT2D eigenvalue weighted by Gasteiger charge is -2.13. The van der Waals surface area contributed by atoms with Gasteiger partial charge >= 0.3 is 5.97 Å². The molecule has 0 spiro atoms. The number of hydrogen-bond acceptors (Lipinski definition) is 4. The molecule has 23 heavy (non-hydrogen) atoms. The fourth-order valence-electron chi connectivity index (χ4n) is 2.93. The van der Waals surface area contributed by atoms with Crippen LogP contribution in [-0.4, -0.2) is 28.1 Å². The first-order valence-electron chi connectivity index (χ1n) is 7.41. The topological polar surface area (TPSA) is 79.1 Å². The van der Waals surface area contributed by atoms with E-state index in [4.69, 9.17) is 15.1 Å². The average Bonchev–Trinajstić information content (AvgIpc) is 2.97. The quantitative estimate of drug-likeness (QED) is 0.505. The fourth-order valence-corrected chi connectivity index (χ4v) is 2.93. The summed E-state index contributed by atoms with van der Waals surface area (Å²) in [5.41, 5.74) is 3.29. The van der Waals surface area contributed by atoms with Gasteiger partial charge in [-0.3, -0.25) is 0 Å². The van der Waals surface area contributed by atoms with E-state index in [1.807, 2.05) is 18.2 Å². The summed E-state index contributed by atoms with van der Waals surface area (Å²) >= 11 is 0. The van der Waals surface area contributed by atoms with Crippen LogP contribution in [0.4, 0.5) is 0 Å². The van der Waals surface area contributed by atoms with Crippen molar-refractivity contribution in [1.29, 1.82) is 0 Å². The van der Waals surface area contributed by atoms with E-state index in [1.54, 1.807) is 18.2 Å². The summed E-state index contributed by atoms with van der Waals surface area (Å²) < 4.78 is 5.96. The first-order valence-corrected chi connectivity index (χ1v) is 7.41. The standard InChI is InChI=1S/C18H17NO4/c20-18(21)17(19-22)16-8-4-3-7-14(16)11-23-15-9-12-5-1-2-6-13(12)10-15/h1-8,15,22H,9-11H2,(H,20,21)/b19-17+. The molecule has 5 nitrogen and oxygen atoms in total. The van der Waals surface area contributed by atoms with Crippen molar-refractivity contribution in [2.75, 3.05) is 0 Å². The van der Waals surface area contributed by atoms with Crippen LogP contribution < -0.4 is 0 Å². The molecule has 0 unspecified atom stereocenters. The van der Waals surface area contributed by atoms with Crippen molar-refractivity contribution in [1.82, 2.24) is 0 Å². The third-order valence-electron chi connectivity index (χ3n) is 4.06. The van der Waals surface area contributed by atoms with Gasteiger partial charge in [0.05, 0.1) is 12.7 Å². The largest absolute Gasteiger partial charge is 0.476 e. The molecule has 0 aliphatic heterocycles. The molecule has 0 fully saturated rings. The van der Waals surface area contributed by atoms with Gasteiger partial charge in [-0.05, 0) is 29.5 Å². The second kappa shape index (κ2) is 6.62. The Morgan fingerprint density at radius 2 is 1.70 bits per heavy atom. The first-order chi connectivity index (χ1) is 11.2. The van der Waals surface area contributed by atoms with E-state index in [0.717, 1.165) is 12.8 Å². The molecule has 0 saturated carbocycles. The smallest absolute Gasteiger partial charge is 0.358 e. The number of nitrogens with zero attached hydrogens (tertiary/aromatic N) is 1. The molecule has 2 aromatic carbocycles. The Morgan fingerprint density at radius 3 is 2.30 bits per heavy atom. The van der Waals surface area contributed by atoms with E-state index < -0.39 is 5.97 Å². The van der Waals surface area contributed by atoms with Gasteiger partial charge in [-0.1, -0.05) is 53.7 Å². The SMILES string of the molecule is O=C(O)/C(=N/O)c1ccccc1COC1Cc2ccccc2C1. The molecule has 2 aromatic rings. The van der Waals surface area contributed by atoms with Gasteiger partial charge in [-0.2, -0.15) is 0 Å². The summed E-state index contributed by atoms with van der Waals surface area (Å²) in [4.78, 5) is 11.2. The first kappa shape index (κ1) is 15.2. The lowest BCUT2D eigenvalue weighted by Crippen LogP contribution is -2.18. The maximum Gasteiger partial charge on any atom is 0.358 e. The number of aliphatic carboxylic acids is 1. The van der Waals surface area contributed by atoms with Gasteiger partial charge in [0.2, 0.25) is 0 Å². The number of ether oxygens (including phenoxy) is 1. The van der Waals surface area contributed by atoms with Crippen molar-refractivity contribution >= 4 is 11.7 Å². The molecule has 3 rings (SSSR count). The van der Waals surface area contributed by atoms with Crippen molar-refractivity contribution < 1.29 is 19.8 Å². The number of carbonyl (C=O) groups is 1. The van der Waals surface area contributed by atoms with Crippen molar-refractivity contribution in [3.8, 4) is 0 Å². The van der Waals surface area contributed by atoms with Gasteiger partial charge in [0.1, 0.15) is 0 Å². The van der Waals surface area contributed by atoms with Crippen molar-refractivity contribution in [2.24, 2.45) is 5.16 Å². The number of hydrogen-bond donors (Lipinski definition) is 2. The van der Waals surface area contributed by atoms with Crippen LogP contribution in [0.1, 0.15) is 22.3 Å². The Morgan fingerprint density at radius 1 is 1.09 bits per heavy atom. The summed E-state index contributed by atoms with van der Waals surface area (Å²) in [5, 5.41) is 20.9. The third-order valence-corrected chi connectivity index (χ3v) is 4.06. The Kier molecular flexibility index (Phi) is 4.39. The molecule has 1 aliphatic carbocycles. The van der Waals surface area contributed by atoms with Crippen LogP contribution in [0.25, 0.3) is 0 Å². The van der Waals surface area contributed by atoms with E-state index in [1.165, 1.54) is 11.1 Å². The zero-order valence-electron chi connectivity index (χ0n) is 12.5. The second-order valence-electron chi connectivity index (χ2n) is 5.52. The zero-order chi connectivity index (χ0) is 16.2. The average molecular weight is 311 g/mol. The summed E-state index contributed by atoms with van der Waals surface area (Å²) in [6.45, 7) is 0.279.